The van der Waals surface area contributed by atoms with Gasteiger partial charge < -0.3 is 9.47 Å². The summed E-state index contributed by atoms with van der Waals surface area (Å²) in [6.45, 7) is 2.02. The first kappa shape index (κ1) is 16.9. The molecule has 1 saturated heterocycles. The topological polar surface area (TPSA) is 52.5 Å². The quantitative estimate of drug-likeness (QED) is 0.633. The van der Waals surface area contributed by atoms with E-state index in [2.05, 4.69) is 10.1 Å². The van der Waals surface area contributed by atoms with Crippen molar-refractivity contribution in [2.24, 2.45) is 0 Å². The molecule has 0 amide bonds. The van der Waals surface area contributed by atoms with Gasteiger partial charge in [0.15, 0.2) is 5.60 Å². The third kappa shape index (κ3) is 2.93. The molecule has 0 radical (unpaired) electrons. The van der Waals surface area contributed by atoms with Crippen LogP contribution in [0.5, 0.6) is 6.01 Å². The van der Waals surface area contributed by atoms with Crippen molar-refractivity contribution in [3.8, 4) is 11.7 Å². The minimum absolute atomic E-state index is 0.234. The summed E-state index contributed by atoms with van der Waals surface area (Å²) >= 11 is 5.90. The summed E-state index contributed by atoms with van der Waals surface area (Å²) in [7, 11) is 0. The van der Waals surface area contributed by atoms with Gasteiger partial charge in [-0.2, -0.15) is 14.8 Å². The van der Waals surface area contributed by atoms with Crippen LogP contribution in [0.4, 0.5) is 8.78 Å². The maximum Gasteiger partial charge on any atom is 0.320 e. The van der Waals surface area contributed by atoms with Gasteiger partial charge in [-0.05, 0) is 37.3 Å². The Morgan fingerprint density at radius 3 is 2.62 bits per heavy atom. The minimum atomic E-state index is -0.978. The van der Waals surface area contributed by atoms with E-state index in [-0.39, 0.29) is 18.2 Å². The Kier molecular flexibility index (Phi) is 4.13. The zero-order chi connectivity index (χ0) is 18.3. The Morgan fingerprint density at radius 2 is 1.96 bits per heavy atom. The summed E-state index contributed by atoms with van der Waals surface area (Å²) < 4.78 is 40.3. The van der Waals surface area contributed by atoms with Crippen molar-refractivity contribution in [3.63, 3.8) is 0 Å². The SMILES string of the molecule is C[C@@H](Oc1ncnn1-c1ccc(Cl)cc1)[C@@]1(c2ccc(F)cc2F)CO1. The highest BCUT2D eigenvalue weighted by Crippen LogP contribution is 2.44. The normalized spacial score (nSPS) is 20.0. The van der Waals surface area contributed by atoms with Crippen LogP contribution in [0.2, 0.25) is 5.02 Å². The molecule has 0 N–H and O–H groups in total. The number of nitrogens with zero attached hydrogens (tertiary/aromatic N) is 3. The van der Waals surface area contributed by atoms with Crippen LogP contribution >= 0.6 is 11.6 Å². The molecule has 8 heteroatoms. The second kappa shape index (κ2) is 6.34. The fourth-order valence-corrected chi connectivity index (χ4v) is 2.97. The van der Waals surface area contributed by atoms with E-state index in [9.17, 15) is 8.78 Å². The first-order valence-electron chi connectivity index (χ1n) is 7.92. The average Bonchev–Trinajstić information content (AvgIpc) is 3.29. The Labute approximate surface area is 153 Å². The maximum absolute atomic E-state index is 14.2. The molecular weight excluding hydrogens is 364 g/mol. The molecule has 5 nitrogen and oxygen atoms in total. The van der Waals surface area contributed by atoms with Gasteiger partial charge in [-0.3, -0.25) is 0 Å². The van der Waals surface area contributed by atoms with Gasteiger partial charge in [0.1, 0.15) is 24.1 Å². The van der Waals surface area contributed by atoms with Crippen LogP contribution in [0.3, 0.4) is 0 Å². The van der Waals surface area contributed by atoms with E-state index in [1.165, 1.54) is 23.1 Å². The van der Waals surface area contributed by atoms with Gasteiger partial charge >= 0.3 is 6.01 Å². The predicted molar refractivity (Wildman–Crippen MR) is 90.4 cm³/mol. The fraction of sp³-hybridized carbons (Fsp3) is 0.222. The molecule has 0 saturated carbocycles. The molecule has 0 unspecified atom stereocenters. The van der Waals surface area contributed by atoms with Crippen molar-refractivity contribution in [3.05, 3.63) is 71.0 Å². The highest BCUT2D eigenvalue weighted by atomic mass is 35.5. The molecule has 1 aromatic heterocycles. The molecule has 4 rings (SSSR count). The number of halogens is 3. The van der Waals surface area contributed by atoms with E-state index in [0.29, 0.717) is 10.7 Å². The Hall–Kier alpha value is -2.51. The molecule has 0 aliphatic carbocycles. The number of epoxide rings is 1. The molecule has 1 aliphatic heterocycles. The molecule has 134 valence electrons. The summed E-state index contributed by atoms with van der Waals surface area (Å²) in [5, 5.41) is 4.75. The fourth-order valence-electron chi connectivity index (χ4n) is 2.84. The van der Waals surface area contributed by atoms with Gasteiger partial charge in [-0.25, -0.2) is 8.78 Å². The van der Waals surface area contributed by atoms with Crippen LogP contribution in [-0.2, 0) is 10.3 Å². The Balaban J connectivity index is 1.60. The van der Waals surface area contributed by atoms with Crippen molar-refractivity contribution in [1.29, 1.82) is 0 Å². The molecule has 26 heavy (non-hydrogen) atoms. The predicted octanol–water partition coefficient (Wildman–Crippen LogP) is 3.89. The van der Waals surface area contributed by atoms with Gasteiger partial charge in [0.05, 0.1) is 12.3 Å². The summed E-state index contributed by atoms with van der Waals surface area (Å²) in [6, 6.07) is 10.6. The average molecular weight is 378 g/mol. The molecular formula is C18H14ClF2N3O2. The van der Waals surface area contributed by atoms with Gasteiger partial charge in [-0.15, -0.1) is 0 Å². The lowest BCUT2D eigenvalue weighted by molar-refractivity contribution is 0.0955. The van der Waals surface area contributed by atoms with E-state index in [0.717, 1.165) is 6.07 Å². The summed E-state index contributed by atoms with van der Waals surface area (Å²) in [5.41, 5.74) is -0.00837. The molecule has 0 spiro atoms. The zero-order valence-electron chi connectivity index (χ0n) is 13.7. The number of hydrogen-bond acceptors (Lipinski definition) is 4. The van der Waals surface area contributed by atoms with Crippen molar-refractivity contribution < 1.29 is 18.3 Å². The third-order valence-electron chi connectivity index (χ3n) is 4.37. The van der Waals surface area contributed by atoms with Gasteiger partial charge in [0.2, 0.25) is 0 Å². The van der Waals surface area contributed by atoms with Crippen LogP contribution in [0.15, 0.2) is 48.8 Å². The summed E-state index contributed by atoms with van der Waals surface area (Å²) in [6.07, 6.45) is 0.785. The van der Waals surface area contributed by atoms with E-state index in [1.807, 2.05) is 0 Å². The number of benzene rings is 2. The third-order valence-corrected chi connectivity index (χ3v) is 4.62. The van der Waals surface area contributed by atoms with Gasteiger partial charge in [-0.1, -0.05) is 17.7 Å². The number of aromatic nitrogens is 3. The van der Waals surface area contributed by atoms with Crippen LogP contribution in [0.25, 0.3) is 5.69 Å². The molecule has 0 bridgehead atoms. The standard InChI is InChI=1S/C18H14ClF2N3O2/c1-11(18(9-25-18)15-7-4-13(20)8-16(15)21)26-17-22-10-23-24(17)14-5-2-12(19)3-6-14/h2-8,10-11H,9H2,1H3/t11-,18-/m1/s1. The van der Waals surface area contributed by atoms with E-state index in [1.54, 1.807) is 31.2 Å². The van der Waals surface area contributed by atoms with Gasteiger partial charge in [0, 0.05) is 16.7 Å². The van der Waals surface area contributed by atoms with Crippen LogP contribution in [-0.4, -0.2) is 27.5 Å². The molecule has 2 heterocycles. The summed E-state index contributed by atoms with van der Waals surface area (Å²) in [4.78, 5) is 4.11. The Bertz CT molecular complexity index is 942. The Morgan fingerprint density at radius 1 is 1.23 bits per heavy atom. The van der Waals surface area contributed by atoms with Crippen molar-refractivity contribution in [2.75, 3.05) is 6.61 Å². The molecule has 2 aromatic carbocycles. The van der Waals surface area contributed by atoms with Crippen molar-refractivity contribution in [2.45, 2.75) is 18.6 Å². The largest absolute Gasteiger partial charge is 0.457 e. The maximum atomic E-state index is 14.2. The van der Waals surface area contributed by atoms with E-state index in [4.69, 9.17) is 21.1 Å². The summed E-state index contributed by atoms with van der Waals surface area (Å²) in [5.74, 6) is -1.31. The number of ether oxygens (including phenoxy) is 2. The van der Waals surface area contributed by atoms with E-state index >= 15 is 0 Å². The lowest BCUT2D eigenvalue weighted by Crippen LogP contribution is -2.32. The highest BCUT2D eigenvalue weighted by molar-refractivity contribution is 6.30. The van der Waals surface area contributed by atoms with Crippen molar-refractivity contribution >= 4 is 11.6 Å². The molecule has 1 fully saturated rings. The lowest BCUT2D eigenvalue weighted by Gasteiger charge is -2.22. The first-order chi connectivity index (χ1) is 12.5. The van der Waals surface area contributed by atoms with Crippen molar-refractivity contribution in [1.82, 2.24) is 14.8 Å². The van der Waals surface area contributed by atoms with E-state index < -0.39 is 23.3 Å². The zero-order valence-corrected chi connectivity index (χ0v) is 14.5. The smallest absolute Gasteiger partial charge is 0.320 e. The number of hydrogen-bond donors (Lipinski definition) is 0. The highest BCUT2D eigenvalue weighted by Gasteiger charge is 2.54. The second-order valence-corrected chi connectivity index (χ2v) is 6.43. The minimum Gasteiger partial charge on any atom is -0.457 e. The molecule has 1 aliphatic rings. The molecule has 3 aromatic rings. The lowest BCUT2D eigenvalue weighted by atomic mass is 9.94. The number of rotatable bonds is 5. The van der Waals surface area contributed by atoms with Crippen LogP contribution in [0, 0.1) is 11.6 Å². The monoisotopic (exact) mass is 377 g/mol. The second-order valence-electron chi connectivity index (χ2n) is 5.99. The van der Waals surface area contributed by atoms with Gasteiger partial charge in [0.25, 0.3) is 0 Å². The molecule has 2 atom stereocenters. The first-order valence-corrected chi connectivity index (χ1v) is 8.29. The van der Waals surface area contributed by atoms with Crippen LogP contribution < -0.4 is 4.74 Å². The van der Waals surface area contributed by atoms with Crippen LogP contribution in [0.1, 0.15) is 12.5 Å².